The Morgan fingerprint density at radius 1 is 0.521 bits per heavy atom. The molecule has 8 heteroatoms. The molecule has 0 unspecified atom stereocenters. The van der Waals surface area contributed by atoms with Gasteiger partial charge in [-0.05, 0) is 35.6 Å². The summed E-state index contributed by atoms with van der Waals surface area (Å²) in [7, 11) is 0. The third kappa shape index (κ3) is 9.81. The molecule has 0 bridgehead atoms. The summed E-state index contributed by atoms with van der Waals surface area (Å²) in [6.45, 7) is 3.62. The molecule has 2 heterocycles. The molecule has 4 aromatic rings. The molecule has 0 aliphatic carbocycles. The normalized spacial score (nSPS) is 27.5. The van der Waals surface area contributed by atoms with Gasteiger partial charge >= 0.3 is 0 Å². The van der Waals surface area contributed by atoms with Gasteiger partial charge in [0.1, 0.15) is 24.4 Å². The van der Waals surface area contributed by atoms with Gasteiger partial charge in [-0.15, -0.1) is 0 Å². The summed E-state index contributed by atoms with van der Waals surface area (Å²) >= 11 is 0. The standard InChI is InChI=1S/C40H46O8/c1-29-34(42-24-30-14-6-2-7-15-30)22-23-36(47-29)43-28-35-37(44-25-31-16-8-3-9-17-31)38(45-26-32-18-10-4-11-19-32)39(40(41)48-35)46-27-33-20-12-5-13-21-33/h2-21,29,34-41H,22-28H2,1H3/t29-,34+,35+,36-,37+,38-,39+,40-/m0/s1. The number of hydrogen-bond donors (Lipinski definition) is 1. The largest absolute Gasteiger partial charge is 0.371 e. The van der Waals surface area contributed by atoms with Gasteiger partial charge in [0.15, 0.2) is 12.6 Å². The van der Waals surface area contributed by atoms with Crippen LogP contribution in [-0.2, 0) is 59.6 Å². The van der Waals surface area contributed by atoms with E-state index in [0.29, 0.717) is 26.2 Å². The fraction of sp³-hybridized carbons (Fsp3) is 0.400. The summed E-state index contributed by atoms with van der Waals surface area (Å²) in [6, 6.07) is 39.9. The van der Waals surface area contributed by atoms with Crippen molar-refractivity contribution in [3.8, 4) is 0 Å². The molecular formula is C40H46O8. The Morgan fingerprint density at radius 3 is 1.44 bits per heavy atom. The zero-order chi connectivity index (χ0) is 33.0. The van der Waals surface area contributed by atoms with E-state index in [0.717, 1.165) is 28.7 Å². The summed E-state index contributed by atoms with van der Waals surface area (Å²) in [6.07, 6.45) is -3.12. The van der Waals surface area contributed by atoms with Gasteiger partial charge < -0.3 is 38.3 Å². The first-order valence-electron chi connectivity index (χ1n) is 16.8. The van der Waals surface area contributed by atoms with Gasteiger partial charge in [-0.2, -0.15) is 0 Å². The summed E-state index contributed by atoms with van der Waals surface area (Å²) < 4.78 is 44.4. The lowest BCUT2D eigenvalue weighted by atomic mass is 9.98. The van der Waals surface area contributed by atoms with Crippen molar-refractivity contribution in [1.29, 1.82) is 0 Å². The Kier molecular flexibility index (Phi) is 12.8. The van der Waals surface area contributed by atoms with Crippen LogP contribution in [0.5, 0.6) is 0 Å². The van der Waals surface area contributed by atoms with E-state index in [4.69, 9.17) is 33.2 Å². The number of aliphatic hydroxyl groups is 1. The van der Waals surface area contributed by atoms with Gasteiger partial charge in [0.05, 0.1) is 45.2 Å². The lowest BCUT2D eigenvalue weighted by Crippen LogP contribution is -2.61. The van der Waals surface area contributed by atoms with E-state index < -0.39 is 37.0 Å². The smallest absolute Gasteiger partial charge is 0.184 e. The molecule has 1 N–H and O–H groups in total. The van der Waals surface area contributed by atoms with Gasteiger partial charge in [-0.25, -0.2) is 0 Å². The summed E-state index contributed by atoms with van der Waals surface area (Å²) in [4.78, 5) is 0. The molecular weight excluding hydrogens is 608 g/mol. The minimum Gasteiger partial charge on any atom is -0.371 e. The molecule has 2 fully saturated rings. The molecule has 4 aromatic carbocycles. The van der Waals surface area contributed by atoms with Crippen LogP contribution in [0.3, 0.4) is 0 Å². The Balaban J connectivity index is 1.14. The lowest BCUT2D eigenvalue weighted by molar-refractivity contribution is -0.325. The predicted molar refractivity (Wildman–Crippen MR) is 180 cm³/mol. The molecule has 8 nitrogen and oxygen atoms in total. The maximum Gasteiger partial charge on any atom is 0.184 e. The molecule has 48 heavy (non-hydrogen) atoms. The minimum absolute atomic E-state index is 0.0296. The first-order valence-corrected chi connectivity index (χ1v) is 16.8. The monoisotopic (exact) mass is 654 g/mol. The van der Waals surface area contributed by atoms with Crippen LogP contribution in [0.15, 0.2) is 121 Å². The fourth-order valence-electron chi connectivity index (χ4n) is 6.15. The van der Waals surface area contributed by atoms with Crippen LogP contribution < -0.4 is 0 Å². The molecule has 254 valence electrons. The lowest BCUT2D eigenvalue weighted by Gasteiger charge is -2.45. The molecule has 2 aliphatic rings. The van der Waals surface area contributed by atoms with Crippen LogP contribution in [0.1, 0.15) is 42.0 Å². The Bertz CT molecular complexity index is 1460. The highest BCUT2D eigenvalue weighted by Gasteiger charge is 2.48. The second-order valence-corrected chi connectivity index (χ2v) is 12.4. The summed E-state index contributed by atoms with van der Waals surface area (Å²) in [5, 5.41) is 11.4. The molecule has 8 atom stereocenters. The van der Waals surface area contributed by atoms with Crippen molar-refractivity contribution >= 4 is 0 Å². The second-order valence-electron chi connectivity index (χ2n) is 12.4. The Hall–Kier alpha value is -3.44. The molecule has 0 amide bonds. The molecule has 6 rings (SSSR count). The third-order valence-corrected chi connectivity index (χ3v) is 8.80. The van der Waals surface area contributed by atoms with E-state index >= 15 is 0 Å². The van der Waals surface area contributed by atoms with Crippen molar-refractivity contribution in [1.82, 2.24) is 0 Å². The molecule has 0 saturated carbocycles. The van der Waals surface area contributed by atoms with E-state index in [9.17, 15) is 5.11 Å². The fourth-order valence-corrected chi connectivity index (χ4v) is 6.15. The first kappa shape index (κ1) is 34.4. The topological polar surface area (TPSA) is 84.8 Å². The molecule has 0 aromatic heterocycles. The predicted octanol–water partition coefficient (Wildman–Crippen LogP) is 6.59. The number of ether oxygens (including phenoxy) is 7. The van der Waals surface area contributed by atoms with E-state index in [1.54, 1.807) is 0 Å². The van der Waals surface area contributed by atoms with Crippen molar-refractivity contribution in [2.75, 3.05) is 6.61 Å². The van der Waals surface area contributed by atoms with Crippen LogP contribution in [0.25, 0.3) is 0 Å². The van der Waals surface area contributed by atoms with Crippen molar-refractivity contribution in [2.24, 2.45) is 0 Å². The van der Waals surface area contributed by atoms with E-state index in [1.807, 2.05) is 116 Å². The Morgan fingerprint density at radius 2 is 0.958 bits per heavy atom. The summed E-state index contributed by atoms with van der Waals surface area (Å²) in [5.41, 5.74) is 4.13. The molecule has 0 spiro atoms. The maximum atomic E-state index is 11.4. The van der Waals surface area contributed by atoms with Crippen molar-refractivity contribution in [3.05, 3.63) is 144 Å². The molecule has 2 aliphatic heterocycles. The quantitative estimate of drug-likeness (QED) is 0.154. The van der Waals surface area contributed by atoms with E-state index in [-0.39, 0.29) is 25.4 Å². The van der Waals surface area contributed by atoms with Crippen molar-refractivity contribution in [2.45, 2.75) is 95.4 Å². The summed E-state index contributed by atoms with van der Waals surface area (Å²) in [5.74, 6) is 0. The zero-order valence-electron chi connectivity index (χ0n) is 27.4. The van der Waals surface area contributed by atoms with Crippen LogP contribution >= 0.6 is 0 Å². The van der Waals surface area contributed by atoms with Crippen molar-refractivity contribution < 1.29 is 38.3 Å². The van der Waals surface area contributed by atoms with Gasteiger partial charge in [0.2, 0.25) is 0 Å². The van der Waals surface area contributed by atoms with Crippen LogP contribution in [0, 0.1) is 0 Å². The number of benzene rings is 4. The molecule has 2 saturated heterocycles. The molecule has 0 radical (unpaired) electrons. The van der Waals surface area contributed by atoms with E-state index in [1.165, 1.54) is 0 Å². The first-order chi connectivity index (χ1) is 23.6. The Labute approximate surface area is 283 Å². The highest BCUT2D eigenvalue weighted by atomic mass is 16.7. The average Bonchev–Trinajstić information content (AvgIpc) is 3.13. The van der Waals surface area contributed by atoms with Crippen LogP contribution in [0.4, 0.5) is 0 Å². The highest BCUT2D eigenvalue weighted by Crippen LogP contribution is 2.31. The average molecular weight is 655 g/mol. The zero-order valence-corrected chi connectivity index (χ0v) is 27.4. The minimum atomic E-state index is -1.26. The van der Waals surface area contributed by atoms with Gasteiger partial charge in [0.25, 0.3) is 0 Å². The van der Waals surface area contributed by atoms with Crippen molar-refractivity contribution in [3.63, 3.8) is 0 Å². The van der Waals surface area contributed by atoms with Crippen LogP contribution in [0.2, 0.25) is 0 Å². The SMILES string of the molecule is C[C@@H]1O[C@H](OC[C@H]2O[C@H](O)[C@H](OCc3ccccc3)[C@@H](OCc3ccccc3)[C@@H]2OCc2ccccc2)CC[C@H]1OCc1ccccc1. The second kappa shape index (κ2) is 17.8. The third-order valence-electron chi connectivity index (χ3n) is 8.80. The van der Waals surface area contributed by atoms with Gasteiger partial charge in [-0.3, -0.25) is 0 Å². The van der Waals surface area contributed by atoms with Crippen LogP contribution in [-0.4, -0.2) is 60.9 Å². The highest BCUT2D eigenvalue weighted by molar-refractivity contribution is 5.16. The van der Waals surface area contributed by atoms with Gasteiger partial charge in [0, 0.05) is 6.42 Å². The maximum absolute atomic E-state index is 11.4. The number of aliphatic hydroxyl groups excluding tert-OH is 1. The van der Waals surface area contributed by atoms with E-state index in [2.05, 4.69) is 12.1 Å². The number of rotatable bonds is 15. The number of hydrogen-bond acceptors (Lipinski definition) is 8. The van der Waals surface area contributed by atoms with Gasteiger partial charge in [-0.1, -0.05) is 121 Å².